The molecule has 7 nitrogen and oxygen atoms in total. The van der Waals surface area contributed by atoms with Gasteiger partial charge in [-0.2, -0.15) is 0 Å². The van der Waals surface area contributed by atoms with Crippen LogP contribution in [0.2, 0.25) is 0 Å². The molecule has 2 aromatic heterocycles. The minimum Gasteiger partial charge on any atom is -0.548 e. The molecule has 0 fully saturated rings. The van der Waals surface area contributed by atoms with Gasteiger partial charge in [-0.1, -0.05) is 60.7 Å². The molecular weight excluding hydrogens is 482 g/mol. The SMILES string of the molecule is Cc1oc2c(C)c3oc(=O)c(CCC(=O)N[C@H](C(=O)[O-])c4ccccc4)c(C)c3cc2c1-c1ccccc1. The van der Waals surface area contributed by atoms with Gasteiger partial charge in [-0.25, -0.2) is 4.79 Å². The van der Waals surface area contributed by atoms with Gasteiger partial charge in [0.25, 0.3) is 0 Å². The normalized spacial score (nSPS) is 12.1. The van der Waals surface area contributed by atoms with E-state index >= 15 is 0 Å². The molecule has 1 N–H and O–H groups in total. The van der Waals surface area contributed by atoms with E-state index in [1.807, 2.05) is 57.2 Å². The topological polar surface area (TPSA) is 113 Å². The van der Waals surface area contributed by atoms with Gasteiger partial charge in [0.1, 0.15) is 16.9 Å². The van der Waals surface area contributed by atoms with E-state index in [-0.39, 0.29) is 12.8 Å². The second-order valence-electron chi connectivity index (χ2n) is 9.38. The van der Waals surface area contributed by atoms with E-state index in [0.29, 0.717) is 27.9 Å². The Morgan fingerprint density at radius 3 is 2.16 bits per heavy atom. The predicted octanol–water partition coefficient (Wildman–Crippen LogP) is 4.67. The van der Waals surface area contributed by atoms with Gasteiger partial charge in [0.2, 0.25) is 5.91 Å². The number of carbonyl (C=O) groups excluding carboxylic acids is 2. The summed E-state index contributed by atoms with van der Waals surface area (Å²) in [6, 6.07) is 19.0. The number of aliphatic carboxylic acids is 1. The first kappa shape index (κ1) is 25.0. The van der Waals surface area contributed by atoms with Crippen LogP contribution in [0.1, 0.15) is 40.5 Å². The van der Waals surface area contributed by atoms with E-state index in [9.17, 15) is 19.5 Å². The lowest BCUT2D eigenvalue weighted by molar-refractivity contribution is -0.308. The van der Waals surface area contributed by atoms with Crippen molar-refractivity contribution in [2.75, 3.05) is 0 Å². The highest BCUT2D eigenvalue weighted by atomic mass is 16.4. The van der Waals surface area contributed by atoms with Gasteiger partial charge in [-0.05, 0) is 49.9 Å². The summed E-state index contributed by atoms with van der Waals surface area (Å²) in [7, 11) is 0. The lowest BCUT2D eigenvalue weighted by Crippen LogP contribution is -2.41. The molecule has 0 aliphatic carbocycles. The Bertz CT molecular complexity index is 1730. The molecule has 0 bridgehead atoms. The first-order chi connectivity index (χ1) is 18.3. The van der Waals surface area contributed by atoms with E-state index in [1.54, 1.807) is 30.3 Å². The molecule has 192 valence electrons. The second-order valence-corrected chi connectivity index (χ2v) is 9.38. The quantitative estimate of drug-likeness (QED) is 0.320. The van der Waals surface area contributed by atoms with Crippen molar-refractivity contribution >= 4 is 33.8 Å². The van der Waals surface area contributed by atoms with Gasteiger partial charge in [0.05, 0.1) is 12.0 Å². The molecule has 5 aromatic rings. The molecule has 7 heteroatoms. The van der Waals surface area contributed by atoms with Crippen LogP contribution in [0.15, 0.2) is 80.4 Å². The van der Waals surface area contributed by atoms with E-state index < -0.39 is 23.5 Å². The summed E-state index contributed by atoms with van der Waals surface area (Å²) in [5.74, 6) is -1.15. The Morgan fingerprint density at radius 2 is 1.50 bits per heavy atom. The molecule has 1 amide bonds. The van der Waals surface area contributed by atoms with Crippen LogP contribution in [0.3, 0.4) is 0 Å². The van der Waals surface area contributed by atoms with E-state index in [0.717, 1.165) is 33.2 Å². The lowest BCUT2D eigenvalue weighted by atomic mass is 9.96. The fourth-order valence-corrected chi connectivity index (χ4v) is 5.02. The van der Waals surface area contributed by atoms with Gasteiger partial charge in [-0.3, -0.25) is 4.79 Å². The molecule has 0 radical (unpaired) electrons. The molecule has 38 heavy (non-hydrogen) atoms. The van der Waals surface area contributed by atoms with Crippen LogP contribution in [-0.2, 0) is 16.0 Å². The van der Waals surface area contributed by atoms with Gasteiger partial charge >= 0.3 is 5.63 Å². The molecular formula is C31H26NO6-. The average Bonchev–Trinajstić information content (AvgIpc) is 3.25. The standard InChI is InChI=1S/C31H27NO6/c1-17-22(14-15-25(33)32-27(30(34)35)21-12-8-5-9-13-21)31(36)38-28-18(2)29-24(16-23(17)28)26(19(3)37-29)20-10-6-4-7-11-20/h4-13,16,27H,14-15H2,1-3H3,(H,32,33)(H,34,35)/p-1/t27-/m0/s1. The minimum atomic E-state index is -1.41. The lowest BCUT2D eigenvalue weighted by Gasteiger charge is -2.20. The highest BCUT2D eigenvalue weighted by Crippen LogP contribution is 2.39. The second kappa shape index (κ2) is 10.0. The maximum atomic E-state index is 13.0. The summed E-state index contributed by atoms with van der Waals surface area (Å²) in [4.78, 5) is 37.3. The first-order valence-electron chi connectivity index (χ1n) is 12.4. The third kappa shape index (κ3) is 4.47. The van der Waals surface area contributed by atoms with Crippen molar-refractivity contribution in [1.29, 1.82) is 0 Å². The zero-order chi connectivity index (χ0) is 27.0. The van der Waals surface area contributed by atoms with Crippen molar-refractivity contribution in [2.24, 2.45) is 0 Å². The van der Waals surface area contributed by atoms with Gasteiger partial charge in [-0.15, -0.1) is 0 Å². The van der Waals surface area contributed by atoms with Crippen LogP contribution < -0.4 is 16.0 Å². The number of hydrogen-bond acceptors (Lipinski definition) is 6. The van der Waals surface area contributed by atoms with Crippen LogP contribution in [0.5, 0.6) is 0 Å². The van der Waals surface area contributed by atoms with Crippen molar-refractivity contribution in [1.82, 2.24) is 5.32 Å². The molecule has 0 unspecified atom stereocenters. The number of aryl methyl sites for hydroxylation is 3. The zero-order valence-electron chi connectivity index (χ0n) is 21.3. The van der Waals surface area contributed by atoms with Gasteiger partial charge < -0.3 is 24.1 Å². The maximum Gasteiger partial charge on any atom is 0.339 e. The Hall–Kier alpha value is -4.65. The number of fused-ring (bicyclic) bond motifs is 2. The van der Waals surface area contributed by atoms with Gasteiger partial charge in [0, 0.05) is 33.9 Å². The summed E-state index contributed by atoms with van der Waals surface area (Å²) in [6.45, 7) is 5.61. The molecule has 5 rings (SSSR count). The number of rotatable bonds is 7. The zero-order valence-corrected chi connectivity index (χ0v) is 21.3. The number of carbonyl (C=O) groups is 2. The molecule has 3 aromatic carbocycles. The molecule has 0 saturated carbocycles. The Morgan fingerprint density at radius 1 is 0.868 bits per heavy atom. The van der Waals surface area contributed by atoms with E-state index in [1.165, 1.54) is 0 Å². The number of benzene rings is 3. The molecule has 2 heterocycles. The summed E-state index contributed by atoms with van der Waals surface area (Å²) in [6.07, 6.45) is 0.00652. The Kier molecular flexibility index (Phi) is 6.59. The Labute approximate surface area is 218 Å². The fraction of sp³-hybridized carbons (Fsp3) is 0.194. The number of furan rings is 1. The number of carboxylic acid groups (broad SMARTS) is 1. The third-order valence-corrected chi connectivity index (χ3v) is 6.97. The number of carboxylic acids is 1. The first-order valence-corrected chi connectivity index (χ1v) is 12.4. The number of hydrogen-bond donors (Lipinski definition) is 1. The molecule has 0 spiro atoms. The highest BCUT2D eigenvalue weighted by molar-refractivity contribution is 6.05. The largest absolute Gasteiger partial charge is 0.548 e. The highest BCUT2D eigenvalue weighted by Gasteiger charge is 2.22. The maximum absolute atomic E-state index is 13.0. The van der Waals surface area contributed by atoms with Crippen molar-refractivity contribution in [2.45, 2.75) is 39.7 Å². The summed E-state index contributed by atoms with van der Waals surface area (Å²) >= 11 is 0. The number of amides is 1. The molecule has 0 aliphatic heterocycles. The molecule has 0 aliphatic rings. The monoisotopic (exact) mass is 508 g/mol. The average molecular weight is 509 g/mol. The summed E-state index contributed by atoms with van der Waals surface area (Å²) in [5.41, 5.74) is 4.81. The molecule has 1 atom stereocenters. The van der Waals surface area contributed by atoms with Crippen molar-refractivity contribution < 1.29 is 23.5 Å². The Balaban J connectivity index is 1.49. The van der Waals surface area contributed by atoms with Crippen LogP contribution in [0, 0.1) is 20.8 Å². The summed E-state index contributed by atoms with van der Waals surface area (Å²) in [5, 5.41) is 15.8. The smallest absolute Gasteiger partial charge is 0.339 e. The minimum absolute atomic E-state index is 0.0883. The fourth-order valence-electron chi connectivity index (χ4n) is 5.02. The van der Waals surface area contributed by atoms with Gasteiger partial charge in [0.15, 0.2) is 0 Å². The predicted molar refractivity (Wildman–Crippen MR) is 143 cm³/mol. The molecule has 0 saturated heterocycles. The van der Waals surface area contributed by atoms with Crippen LogP contribution >= 0.6 is 0 Å². The van der Waals surface area contributed by atoms with Crippen molar-refractivity contribution in [3.05, 3.63) is 105 Å². The van der Waals surface area contributed by atoms with E-state index in [4.69, 9.17) is 8.83 Å². The van der Waals surface area contributed by atoms with Crippen LogP contribution in [-0.4, -0.2) is 11.9 Å². The number of nitrogens with one attached hydrogen (secondary N) is 1. The van der Waals surface area contributed by atoms with Crippen molar-refractivity contribution in [3.8, 4) is 11.1 Å². The van der Waals surface area contributed by atoms with E-state index in [2.05, 4.69) is 5.32 Å². The van der Waals surface area contributed by atoms with Crippen molar-refractivity contribution in [3.63, 3.8) is 0 Å². The summed E-state index contributed by atoms with van der Waals surface area (Å²) < 4.78 is 11.8. The van der Waals surface area contributed by atoms with Crippen LogP contribution in [0.25, 0.3) is 33.1 Å². The third-order valence-electron chi connectivity index (χ3n) is 6.97. The van der Waals surface area contributed by atoms with Crippen LogP contribution in [0.4, 0.5) is 0 Å².